The van der Waals surface area contributed by atoms with E-state index in [2.05, 4.69) is 9.98 Å². The number of nitrogens with zero attached hydrogens (tertiary/aromatic N) is 3. The number of aromatic nitrogens is 1. The fraction of sp³-hybridized carbons (Fsp3) is 0.571. The summed E-state index contributed by atoms with van der Waals surface area (Å²) < 4.78 is 44.0. The molecule has 1 saturated heterocycles. The van der Waals surface area contributed by atoms with Crippen LogP contribution in [0.25, 0.3) is 0 Å². The molecule has 1 saturated carbocycles. The summed E-state index contributed by atoms with van der Waals surface area (Å²) in [6.07, 6.45) is -0.184. The highest BCUT2D eigenvalue weighted by Gasteiger charge is 2.62. The Balaban J connectivity index is 1.68. The molecule has 11 heteroatoms. The van der Waals surface area contributed by atoms with E-state index < -0.39 is 17.5 Å². The molecular formula is C21H29F3N6O2. The molecule has 1 atom stereocenters. The number of rotatable bonds is 8. The zero-order chi connectivity index (χ0) is 23.7. The van der Waals surface area contributed by atoms with Crippen LogP contribution in [0.1, 0.15) is 56.3 Å². The van der Waals surface area contributed by atoms with Gasteiger partial charge in [-0.05, 0) is 58.1 Å². The molecule has 1 aliphatic carbocycles. The van der Waals surface area contributed by atoms with Crippen LogP contribution in [-0.2, 0) is 4.74 Å². The van der Waals surface area contributed by atoms with E-state index in [4.69, 9.17) is 21.9 Å². The van der Waals surface area contributed by atoms with Gasteiger partial charge >= 0.3 is 6.18 Å². The minimum Gasteiger partial charge on any atom is -0.479 e. The molecule has 6 N–H and O–H groups in total. The number of halogens is 3. The lowest BCUT2D eigenvalue weighted by atomic mass is 10.0. The van der Waals surface area contributed by atoms with Gasteiger partial charge in [0.1, 0.15) is 5.82 Å². The lowest BCUT2D eigenvalue weighted by Crippen LogP contribution is -2.48. The fourth-order valence-electron chi connectivity index (χ4n) is 3.96. The van der Waals surface area contributed by atoms with Crippen LogP contribution in [0.15, 0.2) is 29.1 Å². The number of allylic oxidation sites excluding steroid dienone is 1. The lowest BCUT2D eigenvalue weighted by molar-refractivity contribution is -0.191. The van der Waals surface area contributed by atoms with E-state index in [0.29, 0.717) is 5.82 Å². The summed E-state index contributed by atoms with van der Waals surface area (Å²) in [4.78, 5) is 22.4. The molecule has 1 aliphatic heterocycles. The maximum atomic E-state index is 12.9. The van der Waals surface area contributed by atoms with E-state index in [-0.39, 0.29) is 54.8 Å². The summed E-state index contributed by atoms with van der Waals surface area (Å²) in [5, 5.41) is 0. The Morgan fingerprint density at radius 2 is 2.00 bits per heavy atom. The van der Waals surface area contributed by atoms with Crippen molar-refractivity contribution in [3.63, 3.8) is 0 Å². The number of hydrogen-bond donors (Lipinski definition) is 3. The van der Waals surface area contributed by atoms with Gasteiger partial charge in [0.2, 0.25) is 0 Å². The first-order valence-electron chi connectivity index (χ1n) is 10.4. The van der Waals surface area contributed by atoms with Crippen LogP contribution in [0, 0.1) is 5.41 Å². The molecule has 0 spiro atoms. The molecule has 0 aromatic carbocycles. The maximum absolute atomic E-state index is 12.9. The van der Waals surface area contributed by atoms with Crippen molar-refractivity contribution >= 4 is 23.8 Å². The summed E-state index contributed by atoms with van der Waals surface area (Å²) in [6.45, 7) is 3.88. The third-order valence-electron chi connectivity index (χ3n) is 6.14. The number of primary amides is 1. The molecule has 8 nitrogen and oxygen atoms in total. The topological polar surface area (TPSA) is 133 Å². The summed E-state index contributed by atoms with van der Waals surface area (Å²) in [7, 11) is 0. The van der Waals surface area contributed by atoms with Crippen molar-refractivity contribution in [2.24, 2.45) is 27.6 Å². The summed E-state index contributed by atoms with van der Waals surface area (Å²) in [5.74, 6) is -0.0265. The van der Waals surface area contributed by atoms with Gasteiger partial charge in [0, 0.05) is 17.8 Å². The highest BCUT2D eigenvalue weighted by molar-refractivity contribution is 5.98. The van der Waals surface area contributed by atoms with Gasteiger partial charge in [0.25, 0.3) is 5.91 Å². The van der Waals surface area contributed by atoms with Crippen molar-refractivity contribution in [1.29, 1.82) is 0 Å². The van der Waals surface area contributed by atoms with Crippen molar-refractivity contribution in [1.82, 2.24) is 4.98 Å². The molecule has 2 heterocycles. The summed E-state index contributed by atoms with van der Waals surface area (Å²) in [5.41, 5.74) is 15.8. The van der Waals surface area contributed by atoms with Crippen LogP contribution >= 0.6 is 0 Å². The molecule has 3 rings (SSSR count). The quantitative estimate of drug-likeness (QED) is 0.408. The van der Waals surface area contributed by atoms with E-state index in [1.54, 1.807) is 0 Å². The predicted molar refractivity (Wildman–Crippen MR) is 115 cm³/mol. The molecule has 176 valence electrons. The smallest absolute Gasteiger partial charge is 0.394 e. The van der Waals surface area contributed by atoms with Crippen LogP contribution in [0.5, 0.6) is 0 Å². The van der Waals surface area contributed by atoms with E-state index in [9.17, 15) is 18.0 Å². The Morgan fingerprint density at radius 3 is 2.53 bits per heavy atom. The Hall–Kier alpha value is -2.82. The van der Waals surface area contributed by atoms with Gasteiger partial charge in [0.05, 0.1) is 23.8 Å². The van der Waals surface area contributed by atoms with Gasteiger partial charge in [-0.1, -0.05) is 0 Å². The number of anilines is 1. The van der Waals surface area contributed by atoms with Crippen molar-refractivity contribution < 1.29 is 22.7 Å². The van der Waals surface area contributed by atoms with Gasteiger partial charge in [-0.2, -0.15) is 13.2 Å². The second kappa shape index (κ2) is 8.61. The van der Waals surface area contributed by atoms with E-state index in [1.165, 1.54) is 24.4 Å². The van der Waals surface area contributed by atoms with Gasteiger partial charge in [-0.25, -0.2) is 9.98 Å². The first kappa shape index (κ1) is 23.8. The third kappa shape index (κ3) is 4.98. The largest absolute Gasteiger partial charge is 0.479 e. The van der Waals surface area contributed by atoms with E-state index in [0.717, 1.165) is 12.8 Å². The Morgan fingerprint density at radius 1 is 1.31 bits per heavy atom. The lowest BCUT2D eigenvalue weighted by Gasteiger charge is -2.36. The SMILES string of the molecule is CC1(C)CC[C@@H](N)N1c1nc(N=CC=C(N)OCCC2(C(F)(F)F)CC2)ccc1C(N)=O. The van der Waals surface area contributed by atoms with Crippen LogP contribution in [-0.4, -0.2) is 41.6 Å². The molecular weight excluding hydrogens is 425 g/mol. The average Bonchev–Trinajstić information content (AvgIpc) is 3.42. The van der Waals surface area contributed by atoms with Gasteiger partial charge in [-0.15, -0.1) is 0 Å². The minimum atomic E-state index is -4.22. The van der Waals surface area contributed by atoms with Crippen LogP contribution in [0.4, 0.5) is 24.8 Å². The molecule has 2 fully saturated rings. The van der Waals surface area contributed by atoms with Crippen molar-refractivity contribution in [2.45, 2.75) is 63.8 Å². The molecule has 0 bridgehead atoms. The Labute approximate surface area is 184 Å². The second-order valence-electron chi connectivity index (χ2n) is 8.92. The average molecular weight is 454 g/mol. The van der Waals surface area contributed by atoms with Gasteiger partial charge in [0.15, 0.2) is 11.7 Å². The molecule has 32 heavy (non-hydrogen) atoms. The van der Waals surface area contributed by atoms with Gasteiger partial charge in [-0.3, -0.25) is 4.79 Å². The van der Waals surface area contributed by atoms with Crippen LogP contribution in [0.2, 0.25) is 0 Å². The van der Waals surface area contributed by atoms with Crippen molar-refractivity contribution in [3.8, 4) is 0 Å². The first-order chi connectivity index (χ1) is 14.9. The molecule has 0 radical (unpaired) electrons. The standard InChI is InChI=1S/C21H29F3N6O2/c1-19(2)7-5-14(25)30(19)18-13(17(27)31)3-4-16(29-18)28-11-6-15(26)32-12-10-20(8-9-20)21(22,23)24/h3-4,6,11,14H,5,7-10,12,25-26H2,1-2H3,(H2,27,31)/t14-/m0/s1. The maximum Gasteiger partial charge on any atom is 0.394 e. The zero-order valence-electron chi connectivity index (χ0n) is 18.2. The van der Waals surface area contributed by atoms with Gasteiger partial charge < -0.3 is 26.8 Å². The first-order valence-corrected chi connectivity index (χ1v) is 10.4. The number of carbonyl (C=O) groups is 1. The number of pyridine rings is 1. The molecule has 1 amide bonds. The number of ether oxygens (including phenoxy) is 1. The highest BCUT2D eigenvalue weighted by atomic mass is 19.4. The van der Waals surface area contributed by atoms with Crippen LogP contribution < -0.4 is 22.1 Å². The summed E-state index contributed by atoms with van der Waals surface area (Å²) in [6, 6.07) is 3.06. The van der Waals surface area contributed by atoms with Crippen molar-refractivity contribution in [2.75, 3.05) is 11.5 Å². The number of aliphatic imine (C=N–C) groups is 1. The Kier molecular flexibility index (Phi) is 6.41. The molecule has 0 unspecified atom stereocenters. The molecule has 1 aromatic heterocycles. The fourth-order valence-corrected chi connectivity index (χ4v) is 3.96. The van der Waals surface area contributed by atoms with Crippen LogP contribution in [0.3, 0.4) is 0 Å². The van der Waals surface area contributed by atoms with E-state index in [1.807, 2.05) is 18.7 Å². The number of amides is 1. The summed E-state index contributed by atoms with van der Waals surface area (Å²) >= 11 is 0. The zero-order valence-corrected chi connectivity index (χ0v) is 18.2. The second-order valence-corrected chi connectivity index (χ2v) is 8.92. The normalized spacial score (nSPS) is 22.4. The Bertz CT molecular complexity index is 925. The number of hydrogen-bond acceptors (Lipinski definition) is 7. The molecule has 1 aromatic rings. The molecule has 2 aliphatic rings. The minimum absolute atomic E-state index is 0.0524. The number of alkyl halides is 3. The number of nitrogens with two attached hydrogens (primary N) is 3. The predicted octanol–water partition coefficient (Wildman–Crippen LogP) is 3.10. The number of carbonyl (C=O) groups excluding carboxylic acids is 1. The third-order valence-corrected chi connectivity index (χ3v) is 6.14. The van der Waals surface area contributed by atoms with Crippen molar-refractivity contribution in [3.05, 3.63) is 29.7 Å². The van der Waals surface area contributed by atoms with E-state index >= 15 is 0 Å². The highest BCUT2D eigenvalue weighted by Crippen LogP contribution is 2.59. The monoisotopic (exact) mass is 454 g/mol.